The average Bonchev–Trinajstić information content (AvgIpc) is 3.14. The first-order chi connectivity index (χ1) is 13.5. The minimum absolute atomic E-state index is 0.0832. The molecule has 1 amide bonds. The van der Waals surface area contributed by atoms with E-state index in [1.807, 2.05) is 44.2 Å². The van der Waals surface area contributed by atoms with Crippen LogP contribution in [0.5, 0.6) is 11.5 Å². The number of carbonyl (C=O) groups is 1. The van der Waals surface area contributed by atoms with E-state index < -0.39 is 0 Å². The second-order valence-corrected chi connectivity index (χ2v) is 6.99. The van der Waals surface area contributed by atoms with Crippen molar-refractivity contribution in [2.75, 3.05) is 11.9 Å². The van der Waals surface area contributed by atoms with E-state index in [2.05, 4.69) is 5.32 Å². The number of benzene rings is 2. The van der Waals surface area contributed by atoms with Gasteiger partial charge in [-0.25, -0.2) is 4.79 Å². The topological polar surface area (TPSA) is 74.5 Å². The fourth-order valence-electron chi connectivity index (χ4n) is 3.66. The molecule has 2 aromatic carbocycles. The molecule has 4 rings (SSSR count). The average molecular weight is 381 g/mol. The van der Waals surface area contributed by atoms with Gasteiger partial charge >= 0.3 is 5.69 Å². The summed E-state index contributed by atoms with van der Waals surface area (Å²) in [6.45, 7) is 4.31. The van der Waals surface area contributed by atoms with Crippen LogP contribution in [0.3, 0.4) is 0 Å². The molecule has 146 valence electrons. The molecule has 1 aliphatic rings. The SMILES string of the molecule is CCOc1cc2c(cc1NC(=O)Cn1c(=O)n(C)c3ccccc31)O[C@@H](C)C2. The largest absolute Gasteiger partial charge is 0.492 e. The molecule has 28 heavy (non-hydrogen) atoms. The fourth-order valence-corrected chi connectivity index (χ4v) is 3.66. The molecule has 1 N–H and O–H groups in total. The van der Waals surface area contributed by atoms with Crippen LogP contribution in [0, 0.1) is 0 Å². The maximum Gasteiger partial charge on any atom is 0.329 e. The van der Waals surface area contributed by atoms with Gasteiger partial charge < -0.3 is 14.8 Å². The van der Waals surface area contributed by atoms with Gasteiger partial charge in [-0.05, 0) is 32.0 Å². The van der Waals surface area contributed by atoms with Gasteiger partial charge in [-0.3, -0.25) is 13.9 Å². The Morgan fingerprint density at radius 2 is 2.04 bits per heavy atom. The Balaban J connectivity index is 1.62. The molecular formula is C21H23N3O4. The zero-order chi connectivity index (χ0) is 19.8. The first-order valence-corrected chi connectivity index (χ1v) is 9.38. The number of fused-ring (bicyclic) bond motifs is 2. The predicted octanol–water partition coefficient (Wildman–Crippen LogP) is 2.70. The third-order valence-corrected chi connectivity index (χ3v) is 4.93. The van der Waals surface area contributed by atoms with Crippen molar-refractivity contribution in [3.63, 3.8) is 0 Å². The second-order valence-electron chi connectivity index (χ2n) is 6.99. The van der Waals surface area contributed by atoms with Crippen LogP contribution in [0.25, 0.3) is 11.0 Å². The molecule has 1 aromatic heterocycles. The lowest BCUT2D eigenvalue weighted by atomic mass is 10.1. The Morgan fingerprint density at radius 3 is 2.79 bits per heavy atom. The molecule has 7 heteroatoms. The number of ether oxygens (including phenoxy) is 2. The molecule has 0 saturated carbocycles. The number of anilines is 1. The third kappa shape index (κ3) is 3.13. The Morgan fingerprint density at radius 1 is 1.29 bits per heavy atom. The Labute approximate surface area is 162 Å². The zero-order valence-electron chi connectivity index (χ0n) is 16.2. The van der Waals surface area contributed by atoms with Crippen molar-refractivity contribution in [1.29, 1.82) is 0 Å². The molecule has 0 radical (unpaired) electrons. The van der Waals surface area contributed by atoms with E-state index in [1.165, 1.54) is 4.57 Å². The molecular weight excluding hydrogens is 358 g/mol. The molecule has 0 aliphatic carbocycles. The second kappa shape index (κ2) is 7.07. The van der Waals surface area contributed by atoms with Gasteiger partial charge in [-0.15, -0.1) is 0 Å². The minimum atomic E-state index is -0.301. The van der Waals surface area contributed by atoms with Crippen molar-refractivity contribution in [2.24, 2.45) is 7.05 Å². The minimum Gasteiger partial charge on any atom is -0.492 e. The lowest BCUT2D eigenvalue weighted by Gasteiger charge is -2.14. The molecule has 0 bridgehead atoms. The standard InChI is InChI=1S/C21H23N3O4/c1-4-27-19-10-14-9-13(2)28-18(14)11-15(19)22-20(25)12-24-17-8-6-5-7-16(17)23(3)21(24)26/h5-8,10-11,13H,4,9,12H2,1-3H3,(H,22,25)/t13-/m0/s1. The first-order valence-electron chi connectivity index (χ1n) is 9.38. The number of aryl methyl sites for hydroxylation is 1. The highest BCUT2D eigenvalue weighted by Crippen LogP contribution is 2.38. The quantitative estimate of drug-likeness (QED) is 0.737. The molecule has 0 spiro atoms. The summed E-state index contributed by atoms with van der Waals surface area (Å²) in [4.78, 5) is 25.3. The number of rotatable bonds is 5. The molecule has 1 atom stereocenters. The molecule has 2 heterocycles. The van der Waals surface area contributed by atoms with Crippen LogP contribution in [0.2, 0.25) is 0 Å². The summed E-state index contributed by atoms with van der Waals surface area (Å²) in [5.74, 6) is 1.07. The van der Waals surface area contributed by atoms with Crippen LogP contribution in [-0.2, 0) is 24.8 Å². The van der Waals surface area contributed by atoms with E-state index in [9.17, 15) is 9.59 Å². The van der Waals surface area contributed by atoms with Gasteiger partial charge in [0.05, 0.1) is 23.3 Å². The highest BCUT2D eigenvalue weighted by Gasteiger charge is 2.23. The monoisotopic (exact) mass is 381 g/mol. The van der Waals surface area contributed by atoms with Crippen molar-refractivity contribution in [3.05, 3.63) is 52.4 Å². The number of hydrogen-bond donors (Lipinski definition) is 1. The summed E-state index contributed by atoms with van der Waals surface area (Å²) in [5, 5.41) is 2.88. The van der Waals surface area contributed by atoms with E-state index in [0.29, 0.717) is 18.0 Å². The number of hydrogen-bond acceptors (Lipinski definition) is 4. The predicted molar refractivity (Wildman–Crippen MR) is 107 cm³/mol. The summed E-state index contributed by atoms with van der Waals surface area (Å²) >= 11 is 0. The van der Waals surface area contributed by atoms with Gasteiger partial charge in [0.1, 0.15) is 24.1 Å². The highest BCUT2D eigenvalue weighted by molar-refractivity contribution is 5.93. The number of aromatic nitrogens is 2. The van der Waals surface area contributed by atoms with Gasteiger partial charge in [-0.1, -0.05) is 12.1 Å². The van der Waals surface area contributed by atoms with Gasteiger partial charge in [0, 0.05) is 25.1 Å². The molecule has 0 fully saturated rings. The van der Waals surface area contributed by atoms with Crippen LogP contribution in [0.15, 0.2) is 41.2 Å². The smallest absolute Gasteiger partial charge is 0.329 e. The van der Waals surface area contributed by atoms with Crippen LogP contribution in [0.1, 0.15) is 19.4 Å². The van der Waals surface area contributed by atoms with Crippen molar-refractivity contribution in [1.82, 2.24) is 9.13 Å². The van der Waals surface area contributed by atoms with Crippen molar-refractivity contribution in [3.8, 4) is 11.5 Å². The maximum absolute atomic E-state index is 12.7. The van der Waals surface area contributed by atoms with Gasteiger partial charge in [0.2, 0.25) is 5.91 Å². The summed E-state index contributed by atoms with van der Waals surface area (Å²) in [6, 6.07) is 11.1. The summed E-state index contributed by atoms with van der Waals surface area (Å²) in [7, 11) is 1.70. The van der Waals surface area contributed by atoms with E-state index in [0.717, 1.165) is 28.8 Å². The summed E-state index contributed by atoms with van der Waals surface area (Å²) in [5.41, 5.74) is 2.90. The van der Waals surface area contributed by atoms with Crippen molar-refractivity contribution < 1.29 is 14.3 Å². The van der Waals surface area contributed by atoms with Crippen LogP contribution in [-0.4, -0.2) is 27.8 Å². The van der Waals surface area contributed by atoms with Gasteiger partial charge in [0.25, 0.3) is 0 Å². The molecule has 0 saturated heterocycles. The Bertz CT molecular complexity index is 1110. The van der Waals surface area contributed by atoms with Gasteiger partial charge in [0.15, 0.2) is 0 Å². The van der Waals surface area contributed by atoms with E-state index in [1.54, 1.807) is 17.7 Å². The molecule has 3 aromatic rings. The lowest BCUT2D eigenvalue weighted by Crippen LogP contribution is -2.28. The van der Waals surface area contributed by atoms with Crippen molar-refractivity contribution in [2.45, 2.75) is 32.9 Å². The molecule has 0 unspecified atom stereocenters. The van der Waals surface area contributed by atoms with Gasteiger partial charge in [-0.2, -0.15) is 0 Å². The van der Waals surface area contributed by atoms with Crippen LogP contribution < -0.4 is 20.5 Å². The van der Waals surface area contributed by atoms with Crippen molar-refractivity contribution >= 4 is 22.6 Å². The number of nitrogens with one attached hydrogen (secondary N) is 1. The molecule has 7 nitrogen and oxygen atoms in total. The van der Waals surface area contributed by atoms with E-state index >= 15 is 0 Å². The zero-order valence-corrected chi connectivity index (χ0v) is 16.2. The van der Waals surface area contributed by atoms with E-state index in [4.69, 9.17) is 9.47 Å². The third-order valence-electron chi connectivity index (χ3n) is 4.93. The Kier molecular flexibility index (Phi) is 4.58. The van der Waals surface area contributed by atoms with Crippen LogP contribution >= 0.6 is 0 Å². The Hall–Kier alpha value is -3.22. The lowest BCUT2D eigenvalue weighted by molar-refractivity contribution is -0.116. The van der Waals surface area contributed by atoms with E-state index in [-0.39, 0.29) is 24.2 Å². The summed E-state index contributed by atoms with van der Waals surface area (Å²) in [6.07, 6.45) is 0.916. The number of para-hydroxylation sites is 2. The molecule has 1 aliphatic heterocycles. The first kappa shape index (κ1) is 18.2. The maximum atomic E-state index is 12.7. The number of amides is 1. The van der Waals surface area contributed by atoms with Crippen LogP contribution in [0.4, 0.5) is 5.69 Å². The highest BCUT2D eigenvalue weighted by atomic mass is 16.5. The normalized spacial score (nSPS) is 15.3. The number of carbonyl (C=O) groups excluding carboxylic acids is 1. The fraction of sp³-hybridized carbons (Fsp3) is 0.333. The number of imidazole rings is 1. The summed E-state index contributed by atoms with van der Waals surface area (Å²) < 4.78 is 14.5. The number of nitrogens with zero attached hydrogens (tertiary/aromatic N) is 2.